The Morgan fingerprint density at radius 3 is 2.61 bits per heavy atom. The third-order valence-corrected chi connectivity index (χ3v) is 3.72. The van der Waals surface area contributed by atoms with E-state index in [1.54, 1.807) is 0 Å². The second-order valence-corrected chi connectivity index (χ2v) is 5.83. The summed E-state index contributed by atoms with van der Waals surface area (Å²) in [6.45, 7) is 5.91. The van der Waals surface area contributed by atoms with Crippen LogP contribution in [0, 0.1) is 0 Å². The average molecular weight is 314 g/mol. The molecule has 1 saturated heterocycles. The molecule has 0 radical (unpaired) electrons. The zero-order valence-electron chi connectivity index (χ0n) is 11.2. The van der Waals surface area contributed by atoms with Crippen LogP contribution in [-0.4, -0.2) is 36.3 Å². The molecular formula is C13H20BrN3O. The first kappa shape index (κ1) is 13.7. The second-order valence-electron chi connectivity index (χ2n) is 5.02. The Bertz CT molecular complexity index is 405. The molecule has 0 amide bonds. The maximum atomic E-state index is 5.40. The van der Waals surface area contributed by atoms with E-state index in [4.69, 9.17) is 4.74 Å². The van der Waals surface area contributed by atoms with Crippen molar-refractivity contribution in [1.82, 2.24) is 9.97 Å². The van der Waals surface area contributed by atoms with Gasteiger partial charge in [-0.05, 0) is 28.8 Å². The molecule has 2 rings (SSSR count). The van der Waals surface area contributed by atoms with Crippen molar-refractivity contribution in [2.75, 3.05) is 25.2 Å². The van der Waals surface area contributed by atoms with Gasteiger partial charge in [0.15, 0.2) is 0 Å². The van der Waals surface area contributed by atoms with Gasteiger partial charge in [-0.15, -0.1) is 0 Å². The van der Waals surface area contributed by atoms with Crippen LogP contribution in [-0.2, 0) is 4.74 Å². The fourth-order valence-corrected chi connectivity index (χ4v) is 2.51. The second kappa shape index (κ2) is 5.97. The molecule has 1 aromatic heterocycles. The minimum atomic E-state index is 0.337. The van der Waals surface area contributed by atoms with Crippen LogP contribution in [0.5, 0.6) is 0 Å². The van der Waals surface area contributed by atoms with Crippen LogP contribution in [0.25, 0.3) is 0 Å². The van der Waals surface area contributed by atoms with Gasteiger partial charge in [0.25, 0.3) is 0 Å². The number of hydrogen-bond donors (Lipinski definition) is 0. The molecular weight excluding hydrogens is 294 g/mol. The molecule has 0 aliphatic carbocycles. The molecule has 0 unspecified atom stereocenters. The lowest BCUT2D eigenvalue weighted by Crippen LogP contribution is -2.37. The Hall–Kier alpha value is -0.680. The number of halogens is 1. The molecule has 1 aromatic rings. The standard InChI is InChI=1S/C13H20BrN3O/c1-9(2)13-15-11(14)8-12(16-13)17(3)10-4-6-18-7-5-10/h8-10H,4-7H2,1-3H3. The molecule has 18 heavy (non-hydrogen) atoms. The van der Waals surface area contributed by atoms with Crippen molar-refractivity contribution in [2.45, 2.75) is 38.6 Å². The maximum Gasteiger partial charge on any atom is 0.134 e. The first-order chi connectivity index (χ1) is 8.58. The Kier molecular flexibility index (Phi) is 4.56. The van der Waals surface area contributed by atoms with Gasteiger partial charge in [-0.3, -0.25) is 0 Å². The maximum absolute atomic E-state index is 5.40. The number of ether oxygens (including phenoxy) is 1. The largest absolute Gasteiger partial charge is 0.381 e. The van der Waals surface area contributed by atoms with Gasteiger partial charge in [0, 0.05) is 38.3 Å². The smallest absolute Gasteiger partial charge is 0.134 e. The molecule has 0 bridgehead atoms. The normalized spacial score (nSPS) is 17.2. The van der Waals surface area contributed by atoms with Crippen molar-refractivity contribution >= 4 is 21.7 Å². The van der Waals surface area contributed by atoms with Crippen molar-refractivity contribution in [3.05, 3.63) is 16.5 Å². The van der Waals surface area contributed by atoms with Crippen LogP contribution in [0.15, 0.2) is 10.7 Å². The summed E-state index contributed by atoms with van der Waals surface area (Å²) in [5.74, 6) is 2.22. The van der Waals surface area contributed by atoms with Gasteiger partial charge in [-0.2, -0.15) is 0 Å². The van der Waals surface area contributed by atoms with Crippen molar-refractivity contribution < 1.29 is 4.74 Å². The van der Waals surface area contributed by atoms with Crippen LogP contribution in [0.3, 0.4) is 0 Å². The quantitative estimate of drug-likeness (QED) is 0.804. The summed E-state index contributed by atoms with van der Waals surface area (Å²) >= 11 is 3.47. The molecule has 100 valence electrons. The number of anilines is 1. The van der Waals surface area contributed by atoms with Crippen LogP contribution in [0.4, 0.5) is 5.82 Å². The molecule has 0 saturated carbocycles. The lowest BCUT2D eigenvalue weighted by molar-refractivity contribution is 0.0853. The van der Waals surface area contributed by atoms with Gasteiger partial charge >= 0.3 is 0 Å². The predicted octanol–water partition coefficient (Wildman–Crippen LogP) is 2.98. The fraction of sp³-hybridized carbons (Fsp3) is 0.692. The summed E-state index contributed by atoms with van der Waals surface area (Å²) < 4.78 is 6.26. The Morgan fingerprint density at radius 1 is 1.33 bits per heavy atom. The minimum Gasteiger partial charge on any atom is -0.381 e. The van der Waals surface area contributed by atoms with Gasteiger partial charge in [-0.25, -0.2) is 9.97 Å². The third kappa shape index (κ3) is 3.20. The van der Waals surface area contributed by atoms with Gasteiger partial charge < -0.3 is 9.64 Å². The van der Waals surface area contributed by atoms with E-state index in [1.165, 1.54) is 0 Å². The molecule has 5 heteroatoms. The molecule has 2 heterocycles. The van der Waals surface area contributed by atoms with Gasteiger partial charge in [0.2, 0.25) is 0 Å². The SMILES string of the molecule is CC(C)c1nc(Br)cc(N(C)C2CCOCC2)n1. The molecule has 0 N–H and O–H groups in total. The molecule has 1 aliphatic heterocycles. The molecule has 0 atom stereocenters. The lowest BCUT2D eigenvalue weighted by Gasteiger charge is -2.32. The van der Waals surface area contributed by atoms with Crippen LogP contribution >= 0.6 is 15.9 Å². The third-order valence-electron chi connectivity index (χ3n) is 3.31. The van der Waals surface area contributed by atoms with E-state index in [-0.39, 0.29) is 0 Å². The molecule has 4 nitrogen and oxygen atoms in total. The van der Waals surface area contributed by atoms with Crippen LogP contribution < -0.4 is 4.90 Å². The highest BCUT2D eigenvalue weighted by molar-refractivity contribution is 9.10. The highest BCUT2D eigenvalue weighted by atomic mass is 79.9. The molecule has 1 fully saturated rings. The van der Waals surface area contributed by atoms with Crippen molar-refractivity contribution in [2.24, 2.45) is 0 Å². The average Bonchev–Trinajstić information content (AvgIpc) is 2.38. The number of aromatic nitrogens is 2. The summed E-state index contributed by atoms with van der Waals surface area (Å²) in [4.78, 5) is 11.3. The zero-order valence-corrected chi connectivity index (χ0v) is 12.8. The van der Waals surface area contributed by atoms with Crippen LogP contribution in [0.1, 0.15) is 38.4 Å². The fourth-order valence-electron chi connectivity index (χ4n) is 2.12. The summed E-state index contributed by atoms with van der Waals surface area (Å²) in [7, 11) is 2.11. The Labute approximate surface area is 117 Å². The topological polar surface area (TPSA) is 38.2 Å². The minimum absolute atomic E-state index is 0.337. The van der Waals surface area contributed by atoms with Crippen molar-refractivity contribution in [3.63, 3.8) is 0 Å². The van der Waals surface area contributed by atoms with Crippen molar-refractivity contribution in [1.29, 1.82) is 0 Å². The molecule has 1 aliphatic rings. The van der Waals surface area contributed by atoms with E-state index >= 15 is 0 Å². The van der Waals surface area contributed by atoms with E-state index in [9.17, 15) is 0 Å². The monoisotopic (exact) mass is 313 g/mol. The summed E-state index contributed by atoms with van der Waals surface area (Å²) in [5, 5.41) is 0. The first-order valence-electron chi connectivity index (χ1n) is 6.43. The van der Waals surface area contributed by atoms with E-state index in [2.05, 4.69) is 51.7 Å². The number of nitrogens with zero attached hydrogens (tertiary/aromatic N) is 3. The number of hydrogen-bond acceptors (Lipinski definition) is 4. The highest BCUT2D eigenvalue weighted by Crippen LogP contribution is 2.23. The number of rotatable bonds is 3. The first-order valence-corrected chi connectivity index (χ1v) is 7.22. The van der Waals surface area contributed by atoms with E-state index in [1.807, 2.05) is 6.07 Å². The summed E-state index contributed by atoms with van der Waals surface area (Å²) in [6, 6.07) is 2.50. The van der Waals surface area contributed by atoms with Gasteiger partial charge in [0.1, 0.15) is 16.2 Å². The lowest BCUT2D eigenvalue weighted by atomic mass is 10.1. The van der Waals surface area contributed by atoms with Gasteiger partial charge in [0.05, 0.1) is 0 Å². The summed E-state index contributed by atoms with van der Waals surface area (Å²) in [6.07, 6.45) is 2.13. The predicted molar refractivity (Wildman–Crippen MR) is 76.1 cm³/mol. The van der Waals surface area contributed by atoms with Crippen molar-refractivity contribution in [3.8, 4) is 0 Å². The highest BCUT2D eigenvalue weighted by Gasteiger charge is 2.20. The van der Waals surface area contributed by atoms with E-state index in [0.717, 1.165) is 42.3 Å². The zero-order chi connectivity index (χ0) is 13.1. The summed E-state index contributed by atoms with van der Waals surface area (Å²) in [5.41, 5.74) is 0. The van der Waals surface area contributed by atoms with Gasteiger partial charge in [-0.1, -0.05) is 13.8 Å². The molecule has 0 aromatic carbocycles. The Balaban J connectivity index is 2.20. The van der Waals surface area contributed by atoms with Crippen LogP contribution in [0.2, 0.25) is 0 Å². The van der Waals surface area contributed by atoms with E-state index < -0.39 is 0 Å². The molecule has 0 spiro atoms. The Morgan fingerprint density at radius 2 is 2.00 bits per heavy atom. The van der Waals surface area contributed by atoms with E-state index in [0.29, 0.717) is 12.0 Å².